The number of aromatic hydroxyl groups is 1. The molecule has 0 atom stereocenters. The third-order valence-corrected chi connectivity index (χ3v) is 4.60. The Bertz CT molecular complexity index is 885. The van der Waals surface area contributed by atoms with Crippen LogP contribution >= 0.6 is 0 Å². The first kappa shape index (κ1) is 16.5. The SMILES string of the molecule is Oc1ccc(C2=CCN(Cc3nnc(Cc4ccccc4)o3)CC2)cc1. The Hall–Kier alpha value is -2.92. The molecule has 3 aromatic rings. The molecule has 2 heterocycles. The molecule has 0 radical (unpaired) electrons. The van der Waals surface area contributed by atoms with Gasteiger partial charge in [0.05, 0.1) is 13.0 Å². The third-order valence-electron chi connectivity index (χ3n) is 4.60. The lowest BCUT2D eigenvalue weighted by Crippen LogP contribution is -2.28. The zero-order valence-electron chi connectivity index (χ0n) is 14.5. The van der Waals surface area contributed by atoms with E-state index in [-0.39, 0.29) is 0 Å². The van der Waals surface area contributed by atoms with Crippen molar-refractivity contribution in [2.45, 2.75) is 19.4 Å². The van der Waals surface area contributed by atoms with Gasteiger partial charge in [-0.25, -0.2) is 0 Å². The Morgan fingerprint density at radius 1 is 0.962 bits per heavy atom. The molecule has 4 rings (SSSR count). The summed E-state index contributed by atoms with van der Waals surface area (Å²) < 4.78 is 5.80. The number of nitrogens with zero attached hydrogens (tertiary/aromatic N) is 3. The first-order valence-corrected chi connectivity index (χ1v) is 8.82. The van der Waals surface area contributed by atoms with Crippen LogP contribution < -0.4 is 0 Å². The van der Waals surface area contributed by atoms with Crippen molar-refractivity contribution in [2.75, 3.05) is 13.1 Å². The molecule has 26 heavy (non-hydrogen) atoms. The smallest absolute Gasteiger partial charge is 0.230 e. The Morgan fingerprint density at radius 2 is 1.73 bits per heavy atom. The molecular weight excluding hydrogens is 326 g/mol. The molecule has 0 amide bonds. The predicted octanol–water partition coefficient (Wildman–Crippen LogP) is 3.66. The summed E-state index contributed by atoms with van der Waals surface area (Å²) in [5.74, 6) is 1.62. The molecule has 0 spiro atoms. The largest absolute Gasteiger partial charge is 0.508 e. The van der Waals surface area contributed by atoms with Gasteiger partial charge in [0, 0.05) is 13.1 Å². The van der Waals surface area contributed by atoms with Crippen LogP contribution in [0.5, 0.6) is 5.75 Å². The van der Waals surface area contributed by atoms with Gasteiger partial charge in [-0.2, -0.15) is 0 Å². The Morgan fingerprint density at radius 3 is 2.46 bits per heavy atom. The number of hydrogen-bond acceptors (Lipinski definition) is 5. The van der Waals surface area contributed by atoms with Crippen LogP contribution in [0.25, 0.3) is 5.57 Å². The van der Waals surface area contributed by atoms with Crippen LogP contribution in [0.15, 0.2) is 65.1 Å². The first-order valence-electron chi connectivity index (χ1n) is 8.82. The second-order valence-electron chi connectivity index (χ2n) is 6.51. The van der Waals surface area contributed by atoms with Crippen LogP contribution in [0.1, 0.15) is 29.3 Å². The number of rotatable bonds is 5. The monoisotopic (exact) mass is 347 g/mol. The molecule has 1 aromatic heterocycles. The lowest BCUT2D eigenvalue weighted by molar-refractivity contribution is 0.259. The van der Waals surface area contributed by atoms with E-state index in [1.165, 1.54) is 16.7 Å². The van der Waals surface area contributed by atoms with E-state index in [1.807, 2.05) is 30.3 Å². The lowest BCUT2D eigenvalue weighted by atomic mass is 9.99. The fourth-order valence-corrected chi connectivity index (χ4v) is 3.18. The predicted molar refractivity (Wildman–Crippen MR) is 99.5 cm³/mol. The molecule has 1 N–H and O–H groups in total. The number of phenolic OH excluding ortho intramolecular Hbond substituents is 1. The fourth-order valence-electron chi connectivity index (χ4n) is 3.18. The van der Waals surface area contributed by atoms with Gasteiger partial charge in [-0.3, -0.25) is 4.90 Å². The average molecular weight is 347 g/mol. The van der Waals surface area contributed by atoms with E-state index in [9.17, 15) is 5.11 Å². The fraction of sp³-hybridized carbons (Fsp3) is 0.238. The quantitative estimate of drug-likeness (QED) is 0.763. The van der Waals surface area contributed by atoms with Gasteiger partial charge in [-0.15, -0.1) is 10.2 Å². The summed E-state index contributed by atoms with van der Waals surface area (Å²) in [5.41, 5.74) is 3.66. The molecule has 5 heteroatoms. The number of phenols is 1. The van der Waals surface area contributed by atoms with E-state index in [1.54, 1.807) is 12.1 Å². The molecule has 0 aliphatic carbocycles. The van der Waals surface area contributed by atoms with Gasteiger partial charge in [0.15, 0.2) is 0 Å². The minimum atomic E-state index is 0.300. The van der Waals surface area contributed by atoms with Crippen molar-refractivity contribution in [3.8, 4) is 5.75 Å². The van der Waals surface area contributed by atoms with Gasteiger partial charge >= 0.3 is 0 Å². The van der Waals surface area contributed by atoms with Crippen molar-refractivity contribution in [2.24, 2.45) is 0 Å². The first-order chi connectivity index (χ1) is 12.8. The highest BCUT2D eigenvalue weighted by Crippen LogP contribution is 2.24. The normalized spacial score (nSPS) is 15.0. The van der Waals surface area contributed by atoms with Crippen molar-refractivity contribution < 1.29 is 9.52 Å². The van der Waals surface area contributed by atoms with E-state index in [0.29, 0.717) is 30.5 Å². The molecule has 1 aliphatic rings. The van der Waals surface area contributed by atoms with Crippen molar-refractivity contribution in [3.63, 3.8) is 0 Å². The van der Waals surface area contributed by atoms with Gasteiger partial charge in [-0.05, 0) is 35.3 Å². The minimum absolute atomic E-state index is 0.300. The number of benzene rings is 2. The summed E-state index contributed by atoms with van der Waals surface area (Å²) >= 11 is 0. The topological polar surface area (TPSA) is 62.4 Å². The van der Waals surface area contributed by atoms with E-state index in [4.69, 9.17) is 4.42 Å². The third kappa shape index (κ3) is 4.00. The van der Waals surface area contributed by atoms with Crippen molar-refractivity contribution >= 4 is 5.57 Å². The maximum Gasteiger partial charge on any atom is 0.230 e. The van der Waals surface area contributed by atoms with Gasteiger partial charge in [0.25, 0.3) is 0 Å². The van der Waals surface area contributed by atoms with Crippen LogP contribution in [0.4, 0.5) is 0 Å². The van der Waals surface area contributed by atoms with E-state index in [0.717, 1.165) is 19.5 Å². The zero-order chi connectivity index (χ0) is 17.8. The minimum Gasteiger partial charge on any atom is -0.508 e. The van der Waals surface area contributed by atoms with Gasteiger partial charge in [-0.1, -0.05) is 48.5 Å². The van der Waals surface area contributed by atoms with Gasteiger partial charge in [0.1, 0.15) is 5.75 Å². The van der Waals surface area contributed by atoms with Crippen LogP contribution in [0.3, 0.4) is 0 Å². The molecule has 5 nitrogen and oxygen atoms in total. The Balaban J connectivity index is 1.35. The second kappa shape index (κ2) is 7.54. The molecule has 0 saturated heterocycles. The van der Waals surface area contributed by atoms with Gasteiger partial charge in [0.2, 0.25) is 11.8 Å². The molecule has 0 saturated carbocycles. The van der Waals surface area contributed by atoms with E-state index < -0.39 is 0 Å². The summed E-state index contributed by atoms with van der Waals surface area (Å²) in [4.78, 5) is 2.30. The van der Waals surface area contributed by atoms with Crippen LogP contribution in [0.2, 0.25) is 0 Å². The number of aromatic nitrogens is 2. The standard InChI is InChI=1S/C21H21N3O2/c25-19-8-6-17(7-9-19)18-10-12-24(13-11-18)15-21-23-22-20(26-21)14-16-4-2-1-3-5-16/h1-10,25H,11-15H2. The molecule has 132 valence electrons. The Kier molecular flexibility index (Phi) is 4.80. The maximum atomic E-state index is 9.41. The average Bonchev–Trinajstić information content (AvgIpc) is 3.11. The van der Waals surface area contributed by atoms with Crippen LogP contribution in [-0.2, 0) is 13.0 Å². The molecule has 0 bridgehead atoms. The highest BCUT2D eigenvalue weighted by molar-refractivity contribution is 5.67. The zero-order valence-corrected chi connectivity index (χ0v) is 14.5. The van der Waals surface area contributed by atoms with Crippen molar-refractivity contribution in [3.05, 3.63) is 83.6 Å². The van der Waals surface area contributed by atoms with Gasteiger partial charge < -0.3 is 9.52 Å². The van der Waals surface area contributed by atoms with Crippen molar-refractivity contribution in [1.29, 1.82) is 0 Å². The highest BCUT2D eigenvalue weighted by atomic mass is 16.4. The van der Waals surface area contributed by atoms with Crippen LogP contribution in [0, 0.1) is 0 Å². The molecular formula is C21H21N3O2. The van der Waals surface area contributed by atoms with E-state index in [2.05, 4.69) is 33.3 Å². The lowest BCUT2D eigenvalue weighted by Gasteiger charge is -2.25. The van der Waals surface area contributed by atoms with E-state index >= 15 is 0 Å². The Labute approximate surface area is 152 Å². The summed E-state index contributed by atoms with van der Waals surface area (Å²) in [5, 5.41) is 17.8. The molecule has 2 aromatic carbocycles. The summed E-state index contributed by atoms with van der Waals surface area (Å²) in [6.07, 6.45) is 3.87. The molecule has 1 aliphatic heterocycles. The summed E-state index contributed by atoms with van der Waals surface area (Å²) in [6, 6.07) is 17.5. The number of hydrogen-bond donors (Lipinski definition) is 1. The van der Waals surface area contributed by atoms with Crippen molar-refractivity contribution in [1.82, 2.24) is 15.1 Å². The second-order valence-corrected chi connectivity index (χ2v) is 6.51. The summed E-state index contributed by atoms with van der Waals surface area (Å²) in [6.45, 7) is 2.47. The molecule has 0 fully saturated rings. The highest BCUT2D eigenvalue weighted by Gasteiger charge is 2.16. The maximum absolute atomic E-state index is 9.41. The van der Waals surface area contributed by atoms with Crippen LogP contribution in [-0.4, -0.2) is 33.3 Å². The molecule has 0 unspecified atom stereocenters. The summed E-state index contributed by atoms with van der Waals surface area (Å²) in [7, 11) is 0.